The summed E-state index contributed by atoms with van der Waals surface area (Å²) in [7, 11) is -0.379. The molecular formula is C13H18NSi. The molecule has 79 valence electrons. The van der Waals surface area contributed by atoms with Gasteiger partial charge in [0.05, 0.1) is 0 Å². The van der Waals surface area contributed by atoms with Crippen molar-refractivity contribution in [3.63, 3.8) is 0 Å². The number of benzene rings is 1. The number of nitrogens with zero attached hydrogens (tertiary/aromatic N) is 1. The highest BCUT2D eigenvalue weighted by Gasteiger charge is 2.11. The highest BCUT2D eigenvalue weighted by atomic mass is 28.3. The standard InChI is InChI=1S/C13H18NSi/c1-4-15(5-2)14-9-8-12-10-11(3)6-7-13(12)14/h6-10H,4-5H2,1-3H3. The Morgan fingerprint density at radius 1 is 1.13 bits per heavy atom. The first kappa shape index (κ1) is 10.5. The molecule has 0 unspecified atom stereocenters. The summed E-state index contributed by atoms with van der Waals surface area (Å²) < 4.78 is 2.51. The lowest BCUT2D eigenvalue weighted by molar-refractivity contribution is 1.15. The molecule has 2 aromatic rings. The minimum absolute atomic E-state index is 0.379. The number of aryl methyl sites for hydroxylation is 1. The van der Waals surface area contributed by atoms with Crippen molar-refractivity contribution in [1.82, 2.24) is 4.23 Å². The molecule has 0 aliphatic rings. The molecule has 1 radical (unpaired) electrons. The van der Waals surface area contributed by atoms with Gasteiger partial charge in [0.25, 0.3) is 0 Å². The van der Waals surface area contributed by atoms with E-state index in [0.717, 1.165) is 0 Å². The maximum atomic E-state index is 2.51. The van der Waals surface area contributed by atoms with Crippen LogP contribution in [0.25, 0.3) is 10.9 Å². The van der Waals surface area contributed by atoms with Crippen molar-refractivity contribution < 1.29 is 0 Å². The Bertz CT molecular complexity index is 455. The van der Waals surface area contributed by atoms with Crippen LogP contribution < -0.4 is 0 Å². The van der Waals surface area contributed by atoms with Crippen LogP contribution in [-0.4, -0.2) is 13.2 Å². The van der Waals surface area contributed by atoms with Crippen LogP contribution in [0.3, 0.4) is 0 Å². The van der Waals surface area contributed by atoms with Crippen LogP contribution >= 0.6 is 0 Å². The molecule has 2 heteroatoms. The summed E-state index contributed by atoms with van der Waals surface area (Å²) in [6, 6.07) is 11.6. The minimum Gasteiger partial charge on any atom is -0.374 e. The molecule has 1 aromatic carbocycles. The topological polar surface area (TPSA) is 4.93 Å². The van der Waals surface area contributed by atoms with Crippen molar-refractivity contribution in [2.45, 2.75) is 32.9 Å². The Morgan fingerprint density at radius 3 is 2.53 bits per heavy atom. The SMILES string of the molecule is CC[Si](CC)n1ccc2cc(C)ccc21. The second-order valence-corrected chi connectivity index (χ2v) is 7.05. The Labute approximate surface area is 93.4 Å². The lowest BCUT2D eigenvalue weighted by atomic mass is 10.2. The van der Waals surface area contributed by atoms with Gasteiger partial charge in [-0.1, -0.05) is 25.5 Å². The first-order valence-corrected chi connectivity index (χ1v) is 7.55. The number of hydrogen-bond acceptors (Lipinski definition) is 0. The third-order valence-electron chi connectivity index (χ3n) is 3.00. The van der Waals surface area contributed by atoms with E-state index in [-0.39, 0.29) is 8.96 Å². The van der Waals surface area contributed by atoms with Gasteiger partial charge in [0.15, 0.2) is 8.96 Å². The van der Waals surface area contributed by atoms with E-state index in [0.29, 0.717) is 0 Å². The highest BCUT2D eigenvalue weighted by Crippen LogP contribution is 2.19. The van der Waals surface area contributed by atoms with Gasteiger partial charge in [-0.2, -0.15) is 0 Å². The average molecular weight is 216 g/mol. The van der Waals surface area contributed by atoms with E-state index in [9.17, 15) is 0 Å². The van der Waals surface area contributed by atoms with Crippen molar-refractivity contribution in [1.29, 1.82) is 0 Å². The monoisotopic (exact) mass is 216 g/mol. The van der Waals surface area contributed by atoms with E-state index in [2.05, 4.69) is 55.5 Å². The molecule has 0 N–H and O–H groups in total. The lowest BCUT2D eigenvalue weighted by Gasteiger charge is -2.13. The predicted octanol–water partition coefficient (Wildman–Crippen LogP) is 3.83. The van der Waals surface area contributed by atoms with Crippen molar-refractivity contribution >= 4 is 19.9 Å². The summed E-state index contributed by atoms with van der Waals surface area (Å²) in [6.07, 6.45) is 2.27. The zero-order valence-corrected chi connectivity index (χ0v) is 10.7. The number of rotatable bonds is 3. The molecule has 0 saturated heterocycles. The average Bonchev–Trinajstić information content (AvgIpc) is 2.63. The van der Waals surface area contributed by atoms with Crippen LogP contribution in [0.4, 0.5) is 0 Å². The Morgan fingerprint density at radius 2 is 1.87 bits per heavy atom. The van der Waals surface area contributed by atoms with E-state index < -0.39 is 0 Å². The van der Waals surface area contributed by atoms with Crippen LogP contribution in [0.5, 0.6) is 0 Å². The van der Waals surface area contributed by atoms with E-state index in [1.165, 1.54) is 28.6 Å². The summed E-state index contributed by atoms with van der Waals surface area (Å²) >= 11 is 0. The highest BCUT2D eigenvalue weighted by molar-refractivity contribution is 6.58. The van der Waals surface area contributed by atoms with Crippen LogP contribution in [0, 0.1) is 6.92 Å². The fourth-order valence-electron chi connectivity index (χ4n) is 2.13. The van der Waals surface area contributed by atoms with Gasteiger partial charge in [-0.15, -0.1) is 0 Å². The molecule has 0 atom stereocenters. The summed E-state index contributed by atoms with van der Waals surface area (Å²) in [4.78, 5) is 0. The van der Waals surface area contributed by atoms with Crippen LogP contribution in [0.2, 0.25) is 12.1 Å². The maximum Gasteiger partial charge on any atom is 0.174 e. The number of fused-ring (bicyclic) bond motifs is 1. The molecule has 2 rings (SSSR count). The fraction of sp³-hybridized carbons (Fsp3) is 0.385. The van der Waals surface area contributed by atoms with Gasteiger partial charge in [-0.05, 0) is 48.8 Å². The van der Waals surface area contributed by atoms with Crippen LogP contribution in [0.1, 0.15) is 19.4 Å². The van der Waals surface area contributed by atoms with Gasteiger partial charge >= 0.3 is 0 Å². The van der Waals surface area contributed by atoms with Gasteiger partial charge in [-0.3, -0.25) is 0 Å². The Hall–Kier alpha value is -1.02. The van der Waals surface area contributed by atoms with Gasteiger partial charge in [0.2, 0.25) is 0 Å². The van der Waals surface area contributed by atoms with Crippen molar-refractivity contribution in [2.24, 2.45) is 0 Å². The summed E-state index contributed by atoms with van der Waals surface area (Å²) in [6.45, 7) is 6.76. The molecule has 0 aliphatic heterocycles. The first-order chi connectivity index (χ1) is 7.26. The third-order valence-corrected chi connectivity index (χ3v) is 5.71. The molecule has 0 aliphatic carbocycles. The lowest BCUT2D eigenvalue weighted by Crippen LogP contribution is -2.20. The summed E-state index contributed by atoms with van der Waals surface area (Å²) in [5.74, 6) is 0. The van der Waals surface area contributed by atoms with Crippen molar-refractivity contribution in [3.8, 4) is 0 Å². The summed E-state index contributed by atoms with van der Waals surface area (Å²) in [5, 5.41) is 1.39. The smallest absolute Gasteiger partial charge is 0.174 e. The Kier molecular flexibility index (Phi) is 2.96. The largest absolute Gasteiger partial charge is 0.374 e. The first-order valence-electron chi connectivity index (χ1n) is 5.69. The molecule has 15 heavy (non-hydrogen) atoms. The Balaban J connectivity index is 2.53. The molecule has 1 heterocycles. The van der Waals surface area contributed by atoms with Gasteiger partial charge in [0, 0.05) is 5.52 Å². The number of aromatic nitrogens is 1. The third kappa shape index (κ3) is 1.86. The van der Waals surface area contributed by atoms with E-state index in [1.807, 2.05) is 0 Å². The molecule has 0 bridgehead atoms. The van der Waals surface area contributed by atoms with E-state index >= 15 is 0 Å². The van der Waals surface area contributed by atoms with Gasteiger partial charge in [0.1, 0.15) is 0 Å². The zero-order chi connectivity index (χ0) is 10.8. The van der Waals surface area contributed by atoms with Gasteiger partial charge < -0.3 is 4.23 Å². The predicted molar refractivity (Wildman–Crippen MR) is 68.8 cm³/mol. The van der Waals surface area contributed by atoms with Crippen molar-refractivity contribution in [2.75, 3.05) is 0 Å². The van der Waals surface area contributed by atoms with Crippen molar-refractivity contribution in [3.05, 3.63) is 36.0 Å². The maximum absolute atomic E-state index is 2.51. The normalized spacial score (nSPS) is 11.5. The van der Waals surface area contributed by atoms with E-state index in [1.54, 1.807) is 0 Å². The molecule has 1 nitrogen and oxygen atoms in total. The molecule has 0 fully saturated rings. The quantitative estimate of drug-likeness (QED) is 0.687. The molecule has 0 spiro atoms. The van der Waals surface area contributed by atoms with Crippen LogP contribution in [-0.2, 0) is 0 Å². The van der Waals surface area contributed by atoms with Gasteiger partial charge in [-0.25, -0.2) is 0 Å². The molecule has 0 amide bonds. The molecular weight excluding hydrogens is 198 g/mol. The van der Waals surface area contributed by atoms with Crippen LogP contribution in [0.15, 0.2) is 30.5 Å². The molecule has 1 aromatic heterocycles. The number of hydrogen-bond donors (Lipinski definition) is 0. The summed E-state index contributed by atoms with van der Waals surface area (Å²) in [5.41, 5.74) is 2.76. The van der Waals surface area contributed by atoms with E-state index in [4.69, 9.17) is 0 Å². The second kappa shape index (κ2) is 4.23. The zero-order valence-electron chi connectivity index (χ0n) is 9.75. The second-order valence-electron chi connectivity index (χ2n) is 4.02. The molecule has 0 saturated carbocycles. The fourth-order valence-corrected chi connectivity index (χ4v) is 4.14. The minimum atomic E-state index is -0.379.